The fourth-order valence-corrected chi connectivity index (χ4v) is 1.72. The Morgan fingerprint density at radius 3 is 2.27 bits per heavy atom. The summed E-state index contributed by atoms with van der Waals surface area (Å²) in [5.74, 6) is 0.889. The van der Waals surface area contributed by atoms with Crippen LogP contribution in [0.4, 0.5) is 0 Å². The molecule has 0 spiro atoms. The molecule has 1 nitrogen and oxygen atoms in total. The van der Waals surface area contributed by atoms with E-state index in [1.165, 1.54) is 25.7 Å². The van der Waals surface area contributed by atoms with Crippen molar-refractivity contribution < 1.29 is 4.74 Å². The second kappa shape index (κ2) is 4.05. The van der Waals surface area contributed by atoms with Gasteiger partial charge in [0.15, 0.2) is 5.05 Å². The van der Waals surface area contributed by atoms with Crippen molar-refractivity contribution >= 4 is 17.3 Å². The first-order valence-electron chi connectivity index (χ1n) is 4.35. The van der Waals surface area contributed by atoms with Gasteiger partial charge in [-0.15, -0.1) is 0 Å². The van der Waals surface area contributed by atoms with E-state index in [0.717, 1.165) is 5.92 Å². The van der Waals surface area contributed by atoms with Crippen LogP contribution in [-0.4, -0.2) is 11.2 Å². The summed E-state index contributed by atoms with van der Waals surface area (Å²) in [6.45, 7) is 4.16. The molecule has 0 aliphatic heterocycles. The fraction of sp³-hybridized carbons (Fsp3) is 0.889. The molecule has 0 aromatic carbocycles. The normalized spacial score (nSPS) is 31.5. The zero-order valence-electron chi connectivity index (χ0n) is 7.30. The third kappa shape index (κ3) is 3.19. The maximum absolute atomic E-state index is 5.47. The van der Waals surface area contributed by atoms with E-state index in [9.17, 15) is 0 Å². The predicted molar refractivity (Wildman–Crippen MR) is 50.8 cm³/mol. The van der Waals surface area contributed by atoms with E-state index < -0.39 is 0 Å². The fourth-order valence-electron chi connectivity index (χ4n) is 1.58. The molecule has 0 N–H and O–H groups in total. The van der Waals surface area contributed by atoms with Crippen LogP contribution in [0.1, 0.15) is 39.5 Å². The second-order valence-electron chi connectivity index (χ2n) is 3.49. The lowest BCUT2D eigenvalue weighted by atomic mass is 9.89. The molecule has 1 saturated carbocycles. The lowest BCUT2D eigenvalue weighted by Gasteiger charge is -2.26. The Labute approximate surface area is 74.1 Å². The van der Waals surface area contributed by atoms with E-state index in [-0.39, 0.29) is 0 Å². The highest BCUT2D eigenvalue weighted by atomic mass is 32.1. The van der Waals surface area contributed by atoms with Crippen molar-refractivity contribution in [1.82, 2.24) is 0 Å². The van der Waals surface area contributed by atoms with Gasteiger partial charge in [0, 0.05) is 6.92 Å². The molecule has 0 unspecified atom stereocenters. The molecular weight excluding hydrogens is 156 g/mol. The third-order valence-corrected chi connectivity index (χ3v) is 2.39. The maximum atomic E-state index is 5.47. The van der Waals surface area contributed by atoms with Crippen LogP contribution in [0, 0.1) is 5.92 Å². The summed E-state index contributed by atoms with van der Waals surface area (Å²) in [4.78, 5) is 0. The van der Waals surface area contributed by atoms with Gasteiger partial charge in [0.05, 0.1) is 6.10 Å². The Hall–Kier alpha value is -0.110. The van der Waals surface area contributed by atoms with Gasteiger partial charge in [0.25, 0.3) is 0 Å². The highest BCUT2D eigenvalue weighted by Crippen LogP contribution is 2.25. The number of ether oxygens (including phenoxy) is 1. The average molecular weight is 172 g/mol. The number of hydrogen-bond acceptors (Lipinski definition) is 2. The van der Waals surface area contributed by atoms with Crippen LogP contribution >= 0.6 is 12.2 Å². The molecule has 0 aromatic heterocycles. The summed E-state index contributed by atoms with van der Waals surface area (Å²) < 4.78 is 5.47. The van der Waals surface area contributed by atoms with Crippen LogP contribution < -0.4 is 0 Å². The molecule has 0 amide bonds. The van der Waals surface area contributed by atoms with Crippen LogP contribution in [-0.2, 0) is 4.74 Å². The van der Waals surface area contributed by atoms with Crippen molar-refractivity contribution in [2.45, 2.75) is 45.6 Å². The van der Waals surface area contributed by atoms with E-state index >= 15 is 0 Å². The van der Waals surface area contributed by atoms with Gasteiger partial charge in [0.1, 0.15) is 0 Å². The second-order valence-corrected chi connectivity index (χ2v) is 4.07. The summed E-state index contributed by atoms with van der Waals surface area (Å²) in [7, 11) is 0. The smallest absolute Gasteiger partial charge is 0.157 e. The Morgan fingerprint density at radius 1 is 1.27 bits per heavy atom. The Morgan fingerprint density at radius 2 is 1.82 bits per heavy atom. The highest BCUT2D eigenvalue weighted by molar-refractivity contribution is 7.80. The van der Waals surface area contributed by atoms with Gasteiger partial charge in [-0.1, -0.05) is 6.92 Å². The monoisotopic (exact) mass is 172 g/mol. The molecule has 0 radical (unpaired) electrons. The first-order chi connectivity index (χ1) is 5.18. The molecule has 1 aliphatic carbocycles. The van der Waals surface area contributed by atoms with Crippen molar-refractivity contribution in [3.63, 3.8) is 0 Å². The van der Waals surface area contributed by atoms with Crippen LogP contribution in [0.2, 0.25) is 0 Å². The van der Waals surface area contributed by atoms with Gasteiger partial charge in [-0.2, -0.15) is 0 Å². The molecule has 0 bridgehead atoms. The summed E-state index contributed by atoms with van der Waals surface area (Å²) in [5.41, 5.74) is 0. The molecule has 0 aromatic rings. The lowest BCUT2D eigenvalue weighted by molar-refractivity contribution is 0.127. The van der Waals surface area contributed by atoms with Gasteiger partial charge in [0.2, 0.25) is 0 Å². The zero-order valence-corrected chi connectivity index (χ0v) is 8.12. The number of thiocarbonyl (C=S) groups is 1. The van der Waals surface area contributed by atoms with Crippen LogP contribution in [0.3, 0.4) is 0 Å². The zero-order chi connectivity index (χ0) is 8.27. The van der Waals surface area contributed by atoms with Gasteiger partial charge in [-0.25, -0.2) is 0 Å². The quantitative estimate of drug-likeness (QED) is 0.562. The van der Waals surface area contributed by atoms with Gasteiger partial charge >= 0.3 is 0 Å². The standard InChI is InChI=1S/C9H16OS/c1-7-3-5-9(6-4-7)10-8(2)11/h7,9H,3-6H2,1-2H3. The first-order valence-corrected chi connectivity index (χ1v) is 4.76. The molecule has 2 heteroatoms. The highest BCUT2D eigenvalue weighted by Gasteiger charge is 2.18. The van der Waals surface area contributed by atoms with E-state index in [4.69, 9.17) is 17.0 Å². The minimum Gasteiger partial charge on any atom is -0.484 e. The van der Waals surface area contributed by atoms with E-state index in [1.54, 1.807) is 0 Å². The van der Waals surface area contributed by atoms with Gasteiger partial charge < -0.3 is 4.74 Å². The van der Waals surface area contributed by atoms with E-state index in [0.29, 0.717) is 11.2 Å². The van der Waals surface area contributed by atoms with Crippen molar-refractivity contribution in [3.05, 3.63) is 0 Å². The predicted octanol–water partition coefficient (Wildman–Crippen LogP) is 2.93. The van der Waals surface area contributed by atoms with Crippen molar-refractivity contribution in [3.8, 4) is 0 Å². The summed E-state index contributed by atoms with van der Waals surface area (Å²) in [5, 5.41) is 0.699. The van der Waals surface area contributed by atoms with Crippen molar-refractivity contribution in [1.29, 1.82) is 0 Å². The SMILES string of the molecule is CC(=S)OC1CCC(C)CC1. The molecule has 1 rings (SSSR count). The molecule has 0 heterocycles. The maximum Gasteiger partial charge on any atom is 0.157 e. The molecule has 11 heavy (non-hydrogen) atoms. The molecule has 1 fully saturated rings. The first kappa shape index (κ1) is 8.98. The van der Waals surface area contributed by atoms with Crippen molar-refractivity contribution in [2.24, 2.45) is 5.92 Å². The Bertz CT molecular complexity index is 136. The summed E-state index contributed by atoms with van der Waals surface area (Å²) in [6, 6.07) is 0. The van der Waals surface area contributed by atoms with Crippen LogP contribution in [0.15, 0.2) is 0 Å². The van der Waals surface area contributed by atoms with Gasteiger partial charge in [-0.3, -0.25) is 0 Å². The molecule has 0 saturated heterocycles. The number of rotatable bonds is 1. The minimum atomic E-state index is 0.420. The summed E-state index contributed by atoms with van der Waals surface area (Å²) in [6.07, 6.45) is 5.40. The lowest BCUT2D eigenvalue weighted by Crippen LogP contribution is -2.21. The molecule has 1 aliphatic rings. The molecule has 64 valence electrons. The summed E-state index contributed by atoms with van der Waals surface area (Å²) >= 11 is 4.88. The Kier molecular flexibility index (Phi) is 3.31. The topological polar surface area (TPSA) is 9.23 Å². The van der Waals surface area contributed by atoms with Crippen molar-refractivity contribution in [2.75, 3.05) is 0 Å². The molecular formula is C9H16OS. The van der Waals surface area contributed by atoms with E-state index in [2.05, 4.69) is 6.92 Å². The van der Waals surface area contributed by atoms with Crippen LogP contribution in [0.25, 0.3) is 0 Å². The largest absolute Gasteiger partial charge is 0.484 e. The minimum absolute atomic E-state index is 0.420. The average Bonchev–Trinajstić information content (AvgIpc) is 1.93. The number of hydrogen-bond donors (Lipinski definition) is 0. The third-order valence-electron chi connectivity index (χ3n) is 2.30. The Balaban J connectivity index is 2.22. The molecule has 0 atom stereocenters. The van der Waals surface area contributed by atoms with E-state index in [1.807, 2.05) is 6.92 Å². The van der Waals surface area contributed by atoms with Gasteiger partial charge in [-0.05, 0) is 43.8 Å². The van der Waals surface area contributed by atoms with Crippen LogP contribution in [0.5, 0.6) is 0 Å².